The van der Waals surface area contributed by atoms with Gasteiger partial charge in [-0.15, -0.1) is 0 Å². The van der Waals surface area contributed by atoms with Crippen molar-refractivity contribution in [2.45, 2.75) is 133 Å². The zero-order valence-corrected chi connectivity index (χ0v) is 69.7. The Morgan fingerprint density at radius 1 is 0.250 bits per heavy atom. The van der Waals surface area contributed by atoms with E-state index in [9.17, 15) is 0 Å². The van der Waals surface area contributed by atoms with Crippen molar-refractivity contribution in [2.75, 3.05) is 9.80 Å². The van der Waals surface area contributed by atoms with E-state index in [0.29, 0.717) is 5.92 Å². The molecule has 0 aliphatic heterocycles. The van der Waals surface area contributed by atoms with Crippen LogP contribution < -0.4 is 9.80 Å². The van der Waals surface area contributed by atoms with E-state index in [2.05, 4.69) is 427 Å². The lowest BCUT2D eigenvalue weighted by Gasteiger charge is -2.32. The topological polar surface area (TPSA) is 6.48 Å². The van der Waals surface area contributed by atoms with Crippen LogP contribution in [0.25, 0.3) is 100 Å². The van der Waals surface area contributed by atoms with Gasteiger partial charge in [0.1, 0.15) is 0 Å². The quantitative estimate of drug-likeness (QED) is 0.0845. The third-order valence-electron chi connectivity index (χ3n) is 24.8. The largest absolute Gasteiger partial charge is 0.310 e. The van der Waals surface area contributed by atoms with Gasteiger partial charge in [0.15, 0.2) is 0 Å². The van der Waals surface area contributed by atoms with Crippen molar-refractivity contribution in [3.05, 3.63) is 417 Å². The SMILES string of the molecule is CC1=CC(c2cc(-c3cc(N(c4ccc(C)c(-c5cccc(-c6cc(C)cc(C)c6)c5)c4)c4ccccc4-c4ccc(C5(c6ccc(-c7ccccc7N(c7ccc(C)c(-c8cccc(-c9cc(C)cc(C)c9)c8)c7)c7ccc(C)c(-c8cccc(-c9cc(C)cc(C)c9)c8)c7)cc6)CCCC5)cc4)ccc3C)ccc2C)CC(C)=C1. The van der Waals surface area contributed by atoms with E-state index in [1.807, 2.05) is 0 Å². The number of anilines is 6. The van der Waals surface area contributed by atoms with Gasteiger partial charge in [-0.3, -0.25) is 0 Å². The fourth-order valence-corrected chi connectivity index (χ4v) is 19.2. The van der Waals surface area contributed by atoms with Crippen LogP contribution in [0.2, 0.25) is 0 Å². The van der Waals surface area contributed by atoms with Gasteiger partial charge in [-0.05, 0) is 322 Å². The molecule has 570 valence electrons. The summed E-state index contributed by atoms with van der Waals surface area (Å²) in [5.74, 6) is 0.337. The Balaban J connectivity index is 0.741. The van der Waals surface area contributed by atoms with E-state index in [-0.39, 0.29) is 5.41 Å². The van der Waals surface area contributed by atoms with Gasteiger partial charge in [0.05, 0.1) is 11.4 Å². The van der Waals surface area contributed by atoms with Crippen molar-refractivity contribution in [3.63, 3.8) is 0 Å². The van der Waals surface area contributed by atoms with Crippen LogP contribution in [0.4, 0.5) is 34.1 Å². The number of hydrogen-bond acceptors (Lipinski definition) is 2. The molecule has 0 spiro atoms. The van der Waals surface area contributed by atoms with Gasteiger partial charge < -0.3 is 9.80 Å². The summed E-state index contributed by atoms with van der Waals surface area (Å²) in [5, 5.41) is 0. The molecule has 0 amide bonds. The monoisotopic (exact) mass is 1500 g/mol. The number of para-hydroxylation sites is 2. The summed E-state index contributed by atoms with van der Waals surface area (Å²) in [5.41, 5.74) is 49.0. The fourth-order valence-electron chi connectivity index (χ4n) is 19.2. The van der Waals surface area contributed by atoms with Crippen LogP contribution in [0.3, 0.4) is 0 Å². The maximum absolute atomic E-state index is 2.52. The number of rotatable bonds is 18. The molecular weight excluding hydrogens is 1400 g/mol. The van der Waals surface area contributed by atoms with Crippen LogP contribution in [-0.4, -0.2) is 0 Å². The minimum atomic E-state index is -0.154. The first kappa shape index (κ1) is 76.0. The summed E-state index contributed by atoms with van der Waals surface area (Å²) in [6.45, 7) is 29.0. The number of hydrogen-bond donors (Lipinski definition) is 0. The molecule has 1 saturated carbocycles. The highest BCUT2D eigenvalue weighted by Gasteiger charge is 2.38. The molecular formula is C114H104N2. The Hall–Kier alpha value is -12.6. The minimum Gasteiger partial charge on any atom is -0.310 e. The van der Waals surface area contributed by atoms with Crippen molar-refractivity contribution in [2.24, 2.45) is 0 Å². The third-order valence-corrected chi connectivity index (χ3v) is 24.8. The summed E-state index contributed by atoms with van der Waals surface area (Å²) in [6, 6.07) is 121. The molecule has 2 aliphatic rings. The first-order valence-electron chi connectivity index (χ1n) is 41.7. The van der Waals surface area contributed by atoms with E-state index < -0.39 is 0 Å². The van der Waals surface area contributed by atoms with Crippen molar-refractivity contribution >= 4 is 34.1 Å². The zero-order valence-electron chi connectivity index (χ0n) is 69.7. The fraction of sp³-hybridized carbons (Fsp3) is 0.175. The summed E-state index contributed by atoms with van der Waals surface area (Å²) in [4.78, 5) is 5.03. The molecule has 116 heavy (non-hydrogen) atoms. The first-order valence-corrected chi connectivity index (χ1v) is 41.7. The van der Waals surface area contributed by atoms with Crippen molar-refractivity contribution < 1.29 is 0 Å². The molecule has 1 unspecified atom stereocenters. The van der Waals surface area contributed by atoms with Gasteiger partial charge in [-0.1, -0.05) is 306 Å². The summed E-state index contributed by atoms with van der Waals surface area (Å²) < 4.78 is 0. The van der Waals surface area contributed by atoms with Crippen LogP contribution in [0, 0.1) is 76.2 Å². The highest BCUT2D eigenvalue weighted by Crippen LogP contribution is 2.52. The van der Waals surface area contributed by atoms with Crippen LogP contribution in [-0.2, 0) is 5.41 Å². The molecule has 2 aliphatic carbocycles. The summed E-state index contributed by atoms with van der Waals surface area (Å²) in [7, 11) is 0. The van der Waals surface area contributed by atoms with Gasteiger partial charge >= 0.3 is 0 Å². The van der Waals surface area contributed by atoms with E-state index in [0.717, 1.165) is 53.4 Å². The maximum atomic E-state index is 2.52. The molecule has 0 bridgehead atoms. The standard InChI is InChI=1S/C114H104N2/c1-73-53-74(2)58-95(57-73)88-23-20-26-91(65-88)108-69-101(47-34-82(108)10)115(102-48-35-83(11)109(70-102)92-27-21-24-89(66-92)96-59-75(3)54-76(4)60-96)112-31-16-14-29-105(112)86-39-43-99(44-40-86)114(51-18-19-52-114)100-45-41-87(42-46-100)106-30-15-17-32-113(106)116(103-49-36-84(12)110(71-103)93-28-22-25-90(67-93)97-61-77(5)55-78(6)62-97)104-50-37-85(13)111(72-104)94-38-33-81(9)107(68-94)98-63-79(7)56-80(8)64-98/h14-17,20-50,53-63,65-72,98H,18-19,51-52,64H2,1-13H3. The molecule has 2 heteroatoms. The average molecular weight is 1500 g/mol. The van der Waals surface area contributed by atoms with Crippen LogP contribution in [0.15, 0.2) is 339 Å². The van der Waals surface area contributed by atoms with Gasteiger partial charge in [0, 0.05) is 45.2 Å². The number of benzene rings is 15. The average Bonchev–Trinajstić information content (AvgIpc) is 1.60. The highest BCUT2D eigenvalue weighted by atomic mass is 15.2. The number of aryl methyl sites for hydroxylation is 11. The first-order chi connectivity index (χ1) is 56.2. The Morgan fingerprint density at radius 2 is 0.569 bits per heavy atom. The number of allylic oxidation sites excluding steroid dienone is 4. The second-order valence-electron chi connectivity index (χ2n) is 33.8. The third kappa shape index (κ3) is 15.4. The Bertz CT molecular complexity index is 6140. The van der Waals surface area contributed by atoms with E-state index in [4.69, 9.17) is 0 Å². The molecule has 1 fully saturated rings. The minimum absolute atomic E-state index is 0.154. The molecule has 0 aromatic heterocycles. The lowest BCUT2D eigenvalue weighted by Crippen LogP contribution is -2.23. The molecule has 2 nitrogen and oxygen atoms in total. The lowest BCUT2D eigenvalue weighted by molar-refractivity contribution is 0.535. The molecule has 0 radical (unpaired) electrons. The van der Waals surface area contributed by atoms with Crippen molar-refractivity contribution in [1.82, 2.24) is 0 Å². The Labute approximate surface area is 689 Å². The predicted molar refractivity (Wildman–Crippen MR) is 497 cm³/mol. The second-order valence-corrected chi connectivity index (χ2v) is 33.8. The van der Waals surface area contributed by atoms with Crippen LogP contribution >= 0.6 is 0 Å². The van der Waals surface area contributed by atoms with E-state index in [1.165, 1.54) is 202 Å². The van der Waals surface area contributed by atoms with Crippen LogP contribution in [0.5, 0.6) is 0 Å². The summed E-state index contributed by atoms with van der Waals surface area (Å²) >= 11 is 0. The Kier molecular flexibility index (Phi) is 21.0. The molecule has 1 atom stereocenters. The second kappa shape index (κ2) is 32.0. The summed E-state index contributed by atoms with van der Waals surface area (Å²) in [6.07, 6.45) is 10.4. The highest BCUT2D eigenvalue weighted by molar-refractivity contribution is 5.94. The maximum Gasteiger partial charge on any atom is 0.0540 e. The van der Waals surface area contributed by atoms with E-state index in [1.54, 1.807) is 0 Å². The normalized spacial score (nSPS) is 13.8. The smallest absolute Gasteiger partial charge is 0.0540 e. The Morgan fingerprint density at radius 3 is 0.922 bits per heavy atom. The predicted octanol–water partition coefficient (Wildman–Crippen LogP) is 32.3. The molecule has 0 heterocycles. The molecule has 15 aromatic carbocycles. The zero-order chi connectivity index (χ0) is 80.0. The van der Waals surface area contributed by atoms with Crippen LogP contribution in [0.1, 0.15) is 130 Å². The van der Waals surface area contributed by atoms with Gasteiger partial charge in [-0.25, -0.2) is 0 Å². The van der Waals surface area contributed by atoms with Crippen molar-refractivity contribution in [1.29, 1.82) is 0 Å². The van der Waals surface area contributed by atoms with Crippen molar-refractivity contribution in [3.8, 4) is 100 Å². The van der Waals surface area contributed by atoms with Gasteiger partial charge in [0.25, 0.3) is 0 Å². The molecule has 15 aromatic rings. The molecule has 17 rings (SSSR count). The van der Waals surface area contributed by atoms with Gasteiger partial charge in [-0.2, -0.15) is 0 Å². The molecule has 0 saturated heterocycles. The van der Waals surface area contributed by atoms with E-state index >= 15 is 0 Å². The lowest BCUT2D eigenvalue weighted by atomic mass is 9.72. The molecule has 0 N–H and O–H groups in total. The number of nitrogens with zero attached hydrogens (tertiary/aromatic N) is 2. The van der Waals surface area contributed by atoms with Gasteiger partial charge in [0.2, 0.25) is 0 Å².